The van der Waals surface area contributed by atoms with Crippen molar-refractivity contribution in [1.29, 1.82) is 0 Å². The van der Waals surface area contributed by atoms with Crippen LogP contribution in [0, 0.1) is 47.3 Å². The zero-order valence-electron chi connectivity index (χ0n) is 76.7. The minimum Gasteiger partial charge on any atom is -0.351 e. The first-order valence-electron chi connectivity index (χ1n) is 39.0. The number of H-pyrrole nitrogens is 2. The summed E-state index contributed by atoms with van der Waals surface area (Å²) in [5.41, 5.74) is 0. The lowest BCUT2D eigenvalue weighted by Gasteiger charge is -2.01. The molecule has 16 heteroatoms. The van der Waals surface area contributed by atoms with Gasteiger partial charge in [0.25, 0.3) is 0 Å². The molecule has 16 nitrogen and oxygen atoms in total. The van der Waals surface area contributed by atoms with E-state index in [-0.39, 0.29) is 0 Å². The second-order valence-electron chi connectivity index (χ2n) is 23.1. The van der Waals surface area contributed by atoms with Crippen LogP contribution in [0.3, 0.4) is 0 Å². The third kappa shape index (κ3) is 338. The van der Waals surface area contributed by atoms with Gasteiger partial charge >= 0.3 is 0 Å². The summed E-state index contributed by atoms with van der Waals surface area (Å²) in [7, 11) is 0. The van der Waals surface area contributed by atoms with Gasteiger partial charge in [0.15, 0.2) is 0 Å². The fourth-order valence-corrected chi connectivity index (χ4v) is 2.68. The Bertz CT molecular complexity index is 1670. The van der Waals surface area contributed by atoms with Gasteiger partial charge in [-0.2, -0.15) is 25.5 Å². The van der Waals surface area contributed by atoms with E-state index >= 15 is 0 Å². The smallest absolute Gasteiger partial charge is 0.138 e. The Morgan fingerprint density at radius 3 is 0.596 bits per heavy atom. The number of nitrogens with one attached hydrogen (secondary N) is 2. The number of aromatic nitrogens is 16. The average Bonchev–Trinajstić information content (AvgIpc) is 1.85. The van der Waals surface area contributed by atoms with Crippen molar-refractivity contribution in [2.45, 2.75) is 311 Å². The largest absolute Gasteiger partial charge is 0.351 e. The first-order valence-corrected chi connectivity index (χ1v) is 39.0. The maximum Gasteiger partial charge on any atom is 0.138 e. The van der Waals surface area contributed by atoms with Crippen molar-refractivity contribution < 1.29 is 0 Å². The summed E-state index contributed by atoms with van der Waals surface area (Å²) in [6.07, 6.45) is 35.0. The standard InChI is InChI=1S/C6H10N2.C6H6.C5H5N.3C4H4N2.8C4H10.C3H3N3.2C3H4N2.9C2H6/c1-6(2)8-5-3-4-7-8;2*1-2-4-6-5-3-1;1-2-6-4-3-5-1;1-2-5-4-6-3-1;1-2-4-6-5-3-1;8*1-4(2)3;1-2-5-6-3-4-1;1-2-5-3-4-1;1-2-4-5-3-1;9*1-2/h3-6H,1-2H3;1-6H;1-5H;3*1-4H;8*4H,1-3H3;1-3H;2*1-3H,(H,4,5);9*1-2H3. The van der Waals surface area contributed by atoms with Crippen molar-refractivity contribution in [2.24, 2.45) is 47.3 Å². The molecule has 0 fully saturated rings. The zero-order valence-corrected chi connectivity index (χ0v) is 76.7. The van der Waals surface area contributed by atoms with Gasteiger partial charge in [-0.25, -0.2) is 19.9 Å². The molecule has 1 aromatic carbocycles. The summed E-state index contributed by atoms with van der Waals surface area (Å²) in [5, 5.41) is 24.2. The summed E-state index contributed by atoms with van der Waals surface area (Å²) < 4.78 is 1.92. The van der Waals surface area contributed by atoms with Crippen molar-refractivity contribution in [2.75, 3.05) is 0 Å². The lowest BCUT2D eigenvalue weighted by Crippen LogP contribution is -1.99. The maximum atomic E-state index is 4.03. The molecule has 0 aliphatic heterocycles. The van der Waals surface area contributed by atoms with Crippen molar-refractivity contribution in [3.63, 3.8) is 0 Å². The molecule has 0 spiro atoms. The molecule has 2 N–H and O–H groups in total. The highest BCUT2D eigenvalue weighted by molar-refractivity contribution is 4.99. The predicted molar refractivity (Wildman–Crippen MR) is 473 cm³/mol. The number of rotatable bonds is 1. The van der Waals surface area contributed by atoms with E-state index in [1.807, 2.05) is 214 Å². The van der Waals surface area contributed by atoms with Crippen LogP contribution in [0.1, 0.15) is 311 Å². The van der Waals surface area contributed by atoms with Crippen LogP contribution in [0.4, 0.5) is 0 Å². The van der Waals surface area contributed by atoms with Crippen LogP contribution in [0.5, 0.6) is 0 Å². The molecule has 0 radical (unpaired) electrons. The Balaban J connectivity index is -0.0000000510. The van der Waals surface area contributed by atoms with Crippen LogP contribution in [0.2, 0.25) is 0 Å². The van der Waals surface area contributed by atoms with Gasteiger partial charge < -0.3 is 4.98 Å². The van der Waals surface area contributed by atoms with Crippen LogP contribution in [-0.2, 0) is 0 Å². The molecule has 8 heterocycles. The van der Waals surface area contributed by atoms with E-state index < -0.39 is 0 Å². The Kier molecular flexibility index (Phi) is 217. The second-order valence-corrected chi connectivity index (χ2v) is 23.1. The van der Waals surface area contributed by atoms with Crippen molar-refractivity contribution >= 4 is 0 Å². The molecule has 0 atom stereocenters. The topological polar surface area (TPSA) is 204 Å². The highest BCUT2D eigenvalue weighted by Crippen LogP contribution is 1.98. The molecule has 0 unspecified atom stereocenters. The predicted octanol–water partition coefficient (Wildman–Crippen LogP) is 28.9. The minimum atomic E-state index is 0.491. The molecule has 104 heavy (non-hydrogen) atoms. The Morgan fingerprint density at radius 2 is 0.500 bits per heavy atom. The SMILES string of the molecule is CC.CC.CC.CC.CC.CC.CC.CC.CC.CC(C)C.CC(C)C.CC(C)C.CC(C)C.CC(C)C.CC(C)C.CC(C)C.CC(C)C.CC(C)n1cccn1.c1c[nH]cn1.c1ccccc1.c1ccncc1.c1ccnnc1.c1cn[nH]c1.c1cnccn1.c1cncnc1.c1cnncn1. The van der Waals surface area contributed by atoms with Gasteiger partial charge in [-0.05, 0) is 104 Å². The molecule has 0 amide bonds. The Morgan fingerprint density at radius 1 is 0.221 bits per heavy atom. The third-order valence-corrected chi connectivity index (χ3v) is 4.94. The summed E-state index contributed by atoms with van der Waals surface area (Å²) in [6, 6.07) is 27.4. The van der Waals surface area contributed by atoms with E-state index in [2.05, 4.69) is 256 Å². The van der Waals surface area contributed by atoms with Gasteiger partial charge in [-0.3, -0.25) is 24.7 Å². The minimum absolute atomic E-state index is 0.491. The molecule has 9 rings (SSSR count). The molecular weight excluding hydrogens is 1280 g/mol. The van der Waals surface area contributed by atoms with E-state index in [1.54, 1.807) is 112 Å². The molecule has 0 aliphatic rings. The zero-order chi connectivity index (χ0) is 85.1. The normalized spacial score (nSPS) is 7.62. The maximum absolute atomic E-state index is 4.03. The Labute approximate surface area is 650 Å². The monoisotopic (exact) mass is 1460 g/mol. The van der Waals surface area contributed by atoms with Crippen molar-refractivity contribution in [1.82, 2.24) is 80.2 Å². The van der Waals surface area contributed by atoms with E-state index in [0.717, 1.165) is 47.3 Å². The molecule has 0 bridgehead atoms. The third-order valence-electron chi connectivity index (χ3n) is 4.94. The van der Waals surface area contributed by atoms with Crippen molar-refractivity contribution in [3.05, 3.63) is 215 Å². The highest BCUT2D eigenvalue weighted by atomic mass is 15.3. The first-order chi connectivity index (χ1) is 49.7. The fourth-order valence-electron chi connectivity index (χ4n) is 2.68. The van der Waals surface area contributed by atoms with E-state index in [9.17, 15) is 0 Å². The average molecular weight is 1460 g/mol. The lowest BCUT2D eigenvalue weighted by molar-refractivity contribution is 0.532. The number of benzene rings is 1. The molecule has 0 saturated heterocycles. The molecule has 610 valence electrons. The number of imidazole rings is 1. The molecule has 0 saturated carbocycles. The van der Waals surface area contributed by atoms with Crippen molar-refractivity contribution in [3.8, 4) is 0 Å². The molecular formula is C88H178N16. The lowest BCUT2D eigenvalue weighted by atomic mass is 10.3. The van der Waals surface area contributed by atoms with Gasteiger partial charge in [0, 0.05) is 111 Å². The quantitative estimate of drug-likeness (QED) is 0.157. The van der Waals surface area contributed by atoms with Crippen LogP contribution in [0.25, 0.3) is 0 Å². The Hall–Kier alpha value is -7.75. The summed E-state index contributed by atoms with van der Waals surface area (Å²) >= 11 is 0. The number of nitrogens with zero attached hydrogens (tertiary/aromatic N) is 14. The van der Waals surface area contributed by atoms with Gasteiger partial charge in [0.05, 0.1) is 12.5 Å². The number of hydrogen-bond acceptors (Lipinski definition) is 13. The van der Waals surface area contributed by atoms with Gasteiger partial charge in [0.2, 0.25) is 0 Å². The molecule has 8 aromatic heterocycles. The summed E-state index contributed by atoms with van der Waals surface area (Å²) in [4.78, 5) is 28.6. The highest BCUT2D eigenvalue weighted by Gasteiger charge is 1.91. The number of pyridine rings is 1. The van der Waals surface area contributed by atoms with Gasteiger partial charge in [-0.1, -0.05) is 333 Å². The first kappa shape index (κ1) is 139. The number of hydrogen-bond donors (Lipinski definition) is 2. The van der Waals surface area contributed by atoms with E-state index in [0.29, 0.717) is 6.04 Å². The molecule has 9 aromatic rings. The summed E-state index contributed by atoms with van der Waals surface area (Å²) in [5.74, 6) is 6.67. The van der Waals surface area contributed by atoms with Gasteiger partial charge in [-0.15, -0.1) is 5.10 Å². The van der Waals surface area contributed by atoms with Crippen LogP contribution < -0.4 is 0 Å². The van der Waals surface area contributed by atoms with Crippen LogP contribution in [0.15, 0.2) is 215 Å². The molecule has 0 aliphatic carbocycles. The van der Waals surface area contributed by atoms with E-state index in [1.165, 1.54) is 18.9 Å². The second kappa shape index (κ2) is 162. The van der Waals surface area contributed by atoms with Crippen LogP contribution in [-0.4, -0.2) is 80.2 Å². The summed E-state index contributed by atoms with van der Waals surface area (Å²) in [6.45, 7) is 92.2. The van der Waals surface area contributed by atoms with Crippen LogP contribution >= 0.6 is 0 Å². The number of aromatic amines is 2. The van der Waals surface area contributed by atoms with Gasteiger partial charge in [0.1, 0.15) is 12.7 Å². The van der Waals surface area contributed by atoms with E-state index in [4.69, 9.17) is 0 Å². The fraction of sp³-hybridized carbons (Fsp3) is 0.602.